The molecule has 0 aliphatic carbocycles. The van der Waals surface area contributed by atoms with Gasteiger partial charge in [-0.3, -0.25) is 9.59 Å². The predicted octanol–water partition coefficient (Wildman–Crippen LogP) is 7.00. The van der Waals surface area contributed by atoms with E-state index in [1.807, 2.05) is 51.1 Å². The number of benzene rings is 2. The average molecular weight is 397 g/mol. The van der Waals surface area contributed by atoms with Gasteiger partial charge in [-0.05, 0) is 67.9 Å². The Morgan fingerprint density at radius 2 is 1.32 bits per heavy atom. The van der Waals surface area contributed by atoms with Gasteiger partial charge in [0.05, 0.1) is 0 Å². The maximum atomic E-state index is 13.8. The third-order valence-corrected chi connectivity index (χ3v) is 8.14. The van der Waals surface area contributed by atoms with Crippen LogP contribution in [0.5, 0.6) is 0 Å². The zero-order chi connectivity index (χ0) is 21.0. The standard InChI is InChI=1S/C25H33O2P/c1-8-19(7)28(24(26)22-17(5)14-16(4)15-18(22)6)25(27)23-20(9-2)12-11-13-21(23)10-3/h11-15,19H,8-10H2,1-7H3. The van der Waals surface area contributed by atoms with Crippen LogP contribution < -0.4 is 0 Å². The molecular weight excluding hydrogens is 363 g/mol. The van der Waals surface area contributed by atoms with Crippen molar-refractivity contribution in [2.45, 2.75) is 73.4 Å². The SMILES string of the molecule is CCc1cccc(CC)c1C(=O)P(C(=O)c1c(C)cc(C)cc1C)C(C)CC. The zero-order valence-corrected chi connectivity index (χ0v) is 19.2. The van der Waals surface area contributed by atoms with Crippen LogP contribution in [0.3, 0.4) is 0 Å². The van der Waals surface area contributed by atoms with Crippen molar-refractivity contribution in [3.63, 3.8) is 0 Å². The van der Waals surface area contributed by atoms with Crippen molar-refractivity contribution >= 4 is 19.0 Å². The van der Waals surface area contributed by atoms with Crippen LogP contribution in [-0.4, -0.2) is 16.7 Å². The van der Waals surface area contributed by atoms with E-state index in [1.165, 1.54) is 0 Å². The fraction of sp³-hybridized carbons (Fsp3) is 0.440. The first-order valence-corrected chi connectivity index (χ1v) is 11.7. The van der Waals surface area contributed by atoms with Crippen LogP contribution in [0, 0.1) is 20.8 Å². The maximum Gasteiger partial charge on any atom is 0.192 e. The summed E-state index contributed by atoms with van der Waals surface area (Å²) < 4.78 is 0. The van der Waals surface area contributed by atoms with E-state index in [1.54, 1.807) is 0 Å². The van der Waals surface area contributed by atoms with Gasteiger partial charge in [-0.25, -0.2) is 0 Å². The van der Waals surface area contributed by atoms with Crippen LogP contribution >= 0.6 is 7.92 Å². The minimum atomic E-state index is -1.46. The molecule has 0 radical (unpaired) electrons. The van der Waals surface area contributed by atoms with Crippen LogP contribution in [-0.2, 0) is 12.8 Å². The van der Waals surface area contributed by atoms with Gasteiger partial charge in [0.2, 0.25) is 0 Å². The lowest BCUT2D eigenvalue weighted by molar-refractivity contribution is 0.104. The molecule has 2 nitrogen and oxygen atoms in total. The van der Waals surface area contributed by atoms with Crippen molar-refractivity contribution in [1.29, 1.82) is 0 Å². The molecule has 0 heterocycles. The van der Waals surface area contributed by atoms with E-state index in [4.69, 9.17) is 0 Å². The molecule has 2 rings (SSSR count). The van der Waals surface area contributed by atoms with Gasteiger partial charge in [0, 0.05) is 19.0 Å². The highest BCUT2D eigenvalue weighted by atomic mass is 31.1. The highest BCUT2D eigenvalue weighted by Gasteiger charge is 2.35. The second-order valence-corrected chi connectivity index (χ2v) is 10.1. The topological polar surface area (TPSA) is 34.1 Å². The number of rotatable bonds is 8. The summed E-state index contributed by atoms with van der Waals surface area (Å²) in [6.07, 6.45) is 2.42. The first-order chi connectivity index (χ1) is 13.3. The van der Waals surface area contributed by atoms with Crippen LogP contribution in [0.25, 0.3) is 0 Å². The summed E-state index contributed by atoms with van der Waals surface area (Å²) in [6, 6.07) is 10.2. The minimum absolute atomic E-state index is 0.0392. The minimum Gasteiger partial charge on any atom is -0.289 e. The highest BCUT2D eigenvalue weighted by molar-refractivity contribution is 7.90. The lowest BCUT2D eigenvalue weighted by Gasteiger charge is -2.25. The molecule has 2 unspecified atom stereocenters. The Morgan fingerprint density at radius 1 is 0.857 bits per heavy atom. The molecule has 0 aromatic heterocycles. The molecule has 0 saturated carbocycles. The summed E-state index contributed by atoms with van der Waals surface area (Å²) in [5.41, 5.74) is 6.93. The van der Waals surface area contributed by atoms with Gasteiger partial charge in [0.15, 0.2) is 11.0 Å². The smallest absolute Gasteiger partial charge is 0.192 e. The van der Waals surface area contributed by atoms with Crippen molar-refractivity contribution in [2.24, 2.45) is 0 Å². The van der Waals surface area contributed by atoms with E-state index in [-0.39, 0.29) is 16.7 Å². The molecule has 0 saturated heterocycles. The molecule has 2 aromatic rings. The molecule has 2 atom stereocenters. The van der Waals surface area contributed by atoms with Crippen LogP contribution in [0.1, 0.15) is 82.6 Å². The van der Waals surface area contributed by atoms with Gasteiger partial charge in [0.1, 0.15) is 0 Å². The van der Waals surface area contributed by atoms with Crippen molar-refractivity contribution in [3.05, 3.63) is 69.3 Å². The first-order valence-electron chi connectivity index (χ1n) is 10.3. The van der Waals surface area contributed by atoms with E-state index < -0.39 is 7.92 Å². The molecule has 0 aliphatic heterocycles. The first kappa shape index (κ1) is 22.5. The van der Waals surface area contributed by atoms with E-state index in [9.17, 15) is 9.59 Å². The van der Waals surface area contributed by atoms with E-state index in [0.717, 1.165) is 58.2 Å². The fourth-order valence-corrected chi connectivity index (χ4v) is 6.42. The monoisotopic (exact) mass is 396 g/mol. The second-order valence-electron chi connectivity index (χ2n) is 7.67. The quantitative estimate of drug-likeness (QED) is 0.450. The van der Waals surface area contributed by atoms with Gasteiger partial charge in [-0.1, -0.05) is 63.6 Å². The van der Waals surface area contributed by atoms with Crippen LogP contribution in [0.4, 0.5) is 0 Å². The van der Waals surface area contributed by atoms with Gasteiger partial charge >= 0.3 is 0 Å². The largest absolute Gasteiger partial charge is 0.289 e. The second kappa shape index (κ2) is 9.61. The normalized spacial score (nSPS) is 13.2. The number of hydrogen-bond acceptors (Lipinski definition) is 2. The molecular formula is C25H33O2P. The maximum absolute atomic E-state index is 13.8. The highest BCUT2D eigenvalue weighted by Crippen LogP contribution is 2.50. The fourth-order valence-electron chi connectivity index (χ4n) is 3.95. The van der Waals surface area contributed by atoms with E-state index >= 15 is 0 Å². The van der Waals surface area contributed by atoms with Gasteiger partial charge in [0.25, 0.3) is 0 Å². The zero-order valence-electron chi connectivity index (χ0n) is 18.3. The molecule has 0 aliphatic rings. The number of carbonyl (C=O) groups is 2. The van der Waals surface area contributed by atoms with E-state index in [0.29, 0.717) is 0 Å². The third-order valence-electron chi connectivity index (χ3n) is 5.57. The van der Waals surface area contributed by atoms with Crippen molar-refractivity contribution in [1.82, 2.24) is 0 Å². The van der Waals surface area contributed by atoms with Crippen molar-refractivity contribution in [2.75, 3.05) is 0 Å². The predicted molar refractivity (Wildman–Crippen MR) is 121 cm³/mol. The molecule has 3 heteroatoms. The molecule has 2 aromatic carbocycles. The Kier molecular flexibility index (Phi) is 7.72. The Bertz CT molecular complexity index is 837. The molecule has 28 heavy (non-hydrogen) atoms. The summed E-state index contributed by atoms with van der Waals surface area (Å²) >= 11 is 0. The van der Waals surface area contributed by atoms with Gasteiger partial charge < -0.3 is 0 Å². The molecule has 150 valence electrons. The number of carbonyl (C=O) groups excluding carboxylic acids is 2. The van der Waals surface area contributed by atoms with Crippen LogP contribution in [0.2, 0.25) is 0 Å². The van der Waals surface area contributed by atoms with E-state index in [2.05, 4.69) is 27.7 Å². The van der Waals surface area contributed by atoms with Gasteiger partial charge in [-0.2, -0.15) is 0 Å². The summed E-state index contributed by atoms with van der Waals surface area (Å²) in [4.78, 5) is 27.5. The summed E-state index contributed by atoms with van der Waals surface area (Å²) in [5, 5.41) is 0. The summed E-state index contributed by atoms with van der Waals surface area (Å²) in [5.74, 6) is 0. The molecule has 0 N–H and O–H groups in total. The van der Waals surface area contributed by atoms with Gasteiger partial charge in [-0.15, -0.1) is 0 Å². The molecule has 0 amide bonds. The lowest BCUT2D eigenvalue weighted by atomic mass is 9.98. The Balaban J connectivity index is 2.63. The summed E-state index contributed by atoms with van der Waals surface area (Å²) in [7, 11) is -1.46. The molecule has 0 bridgehead atoms. The number of hydrogen-bond donors (Lipinski definition) is 0. The Hall–Kier alpha value is -1.79. The Labute approximate surface area is 171 Å². The average Bonchev–Trinajstić information content (AvgIpc) is 2.66. The Morgan fingerprint density at radius 3 is 1.75 bits per heavy atom. The lowest BCUT2D eigenvalue weighted by Crippen LogP contribution is -2.18. The number of aryl methyl sites for hydroxylation is 5. The summed E-state index contributed by atoms with van der Waals surface area (Å²) in [6.45, 7) is 14.3. The third kappa shape index (κ3) is 4.44. The molecule has 0 spiro atoms. The molecule has 0 fully saturated rings. The van der Waals surface area contributed by atoms with Crippen LogP contribution in [0.15, 0.2) is 30.3 Å². The van der Waals surface area contributed by atoms with Crippen molar-refractivity contribution in [3.8, 4) is 0 Å². The van der Waals surface area contributed by atoms with Crippen molar-refractivity contribution < 1.29 is 9.59 Å².